The van der Waals surface area contributed by atoms with E-state index < -0.39 is 28.6 Å². The van der Waals surface area contributed by atoms with E-state index in [-0.39, 0.29) is 16.6 Å². The lowest BCUT2D eigenvalue weighted by molar-refractivity contribution is -0.117. The highest BCUT2D eigenvalue weighted by Crippen LogP contribution is 2.30. The van der Waals surface area contributed by atoms with Crippen molar-refractivity contribution in [1.29, 1.82) is 0 Å². The van der Waals surface area contributed by atoms with E-state index in [1.807, 2.05) is 73.2 Å². The van der Waals surface area contributed by atoms with Crippen LogP contribution in [0.1, 0.15) is 16.7 Å². The predicted octanol–water partition coefficient (Wildman–Crippen LogP) is 3.92. The molecule has 3 aromatic rings. The molecule has 1 aliphatic rings. The first-order valence-electron chi connectivity index (χ1n) is 10.2. The van der Waals surface area contributed by atoms with Crippen LogP contribution < -0.4 is 10.0 Å². The third-order valence-electron chi connectivity index (χ3n) is 5.67. The number of aryl methyl sites for hydroxylation is 1. The van der Waals surface area contributed by atoms with Gasteiger partial charge in [-0.05, 0) is 63.3 Å². The third kappa shape index (κ3) is 4.65. The van der Waals surface area contributed by atoms with Crippen molar-refractivity contribution < 1.29 is 18.0 Å². The highest BCUT2D eigenvalue weighted by molar-refractivity contribution is 9.12. The smallest absolute Gasteiger partial charge is 0.324 e. The SMILES string of the molecule is Cc1cccc(NC(=O)CN2C(Cc3cccc4ccccc34)=C(Br)C(=O)NS2(=O)=O)c1C. The first-order valence-corrected chi connectivity index (χ1v) is 12.5. The van der Waals surface area contributed by atoms with Crippen LogP contribution in [-0.4, -0.2) is 31.1 Å². The zero-order valence-electron chi connectivity index (χ0n) is 18.1. The summed E-state index contributed by atoms with van der Waals surface area (Å²) in [4.78, 5) is 25.2. The minimum absolute atomic E-state index is 0.0739. The van der Waals surface area contributed by atoms with Gasteiger partial charge in [0.2, 0.25) is 5.91 Å². The van der Waals surface area contributed by atoms with Crippen LogP contribution in [0.25, 0.3) is 10.8 Å². The number of amides is 2. The van der Waals surface area contributed by atoms with Crippen LogP contribution in [0.4, 0.5) is 5.69 Å². The summed E-state index contributed by atoms with van der Waals surface area (Å²) in [5.41, 5.74) is 3.55. The summed E-state index contributed by atoms with van der Waals surface area (Å²) in [6.45, 7) is 3.33. The maximum atomic E-state index is 12.9. The Morgan fingerprint density at radius 1 is 1.03 bits per heavy atom. The monoisotopic (exact) mass is 527 g/mol. The Hall–Kier alpha value is -3.17. The maximum Gasteiger partial charge on any atom is 0.326 e. The van der Waals surface area contributed by atoms with Crippen molar-refractivity contribution in [2.24, 2.45) is 0 Å². The molecule has 0 spiro atoms. The lowest BCUT2D eigenvalue weighted by Gasteiger charge is -2.31. The fourth-order valence-corrected chi connectivity index (χ4v) is 5.66. The lowest BCUT2D eigenvalue weighted by Crippen LogP contribution is -2.50. The summed E-state index contributed by atoms with van der Waals surface area (Å²) in [6.07, 6.45) is 0.144. The summed E-state index contributed by atoms with van der Waals surface area (Å²) in [5.74, 6) is -1.28. The quantitative estimate of drug-likeness (QED) is 0.525. The summed E-state index contributed by atoms with van der Waals surface area (Å²) in [6, 6.07) is 18.9. The molecule has 1 aliphatic heterocycles. The second-order valence-corrected chi connectivity index (χ2v) is 10.2. The maximum absolute atomic E-state index is 12.9. The molecule has 0 fully saturated rings. The molecule has 0 aromatic heterocycles. The largest absolute Gasteiger partial charge is 0.326 e. The summed E-state index contributed by atoms with van der Waals surface area (Å²) >= 11 is 3.24. The van der Waals surface area contributed by atoms with Gasteiger partial charge in [-0.25, -0.2) is 9.03 Å². The number of benzene rings is 3. The number of nitrogens with zero attached hydrogens (tertiary/aromatic N) is 1. The van der Waals surface area contributed by atoms with Crippen LogP contribution in [-0.2, 0) is 26.2 Å². The van der Waals surface area contributed by atoms with Gasteiger partial charge in [0, 0.05) is 12.1 Å². The molecule has 9 heteroatoms. The van der Waals surface area contributed by atoms with Gasteiger partial charge in [-0.2, -0.15) is 8.42 Å². The molecule has 2 amide bonds. The number of anilines is 1. The van der Waals surface area contributed by atoms with Crippen LogP contribution in [0, 0.1) is 13.8 Å². The van der Waals surface area contributed by atoms with Gasteiger partial charge in [-0.1, -0.05) is 54.6 Å². The highest BCUT2D eigenvalue weighted by atomic mass is 79.9. The molecule has 7 nitrogen and oxygen atoms in total. The van der Waals surface area contributed by atoms with Gasteiger partial charge < -0.3 is 5.32 Å². The number of fused-ring (bicyclic) bond motifs is 1. The van der Waals surface area contributed by atoms with Gasteiger partial charge in [-0.3, -0.25) is 9.59 Å². The molecule has 4 rings (SSSR count). The van der Waals surface area contributed by atoms with E-state index in [2.05, 4.69) is 21.2 Å². The van der Waals surface area contributed by atoms with Crippen molar-refractivity contribution in [2.75, 3.05) is 11.9 Å². The Morgan fingerprint density at radius 3 is 2.52 bits per heavy atom. The van der Waals surface area contributed by atoms with Gasteiger partial charge in [0.15, 0.2) is 0 Å². The highest BCUT2D eigenvalue weighted by Gasteiger charge is 2.37. The third-order valence-corrected chi connectivity index (χ3v) is 7.86. The predicted molar refractivity (Wildman–Crippen MR) is 132 cm³/mol. The van der Waals surface area contributed by atoms with E-state index in [0.29, 0.717) is 5.69 Å². The minimum Gasteiger partial charge on any atom is -0.324 e. The normalized spacial score (nSPS) is 15.5. The molecule has 170 valence electrons. The van der Waals surface area contributed by atoms with Gasteiger partial charge >= 0.3 is 10.2 Å². The number of hydrogen-bond donors (Lipinski definition) is 2. The number of nitrogens with one attached hydrogen (secondary N) is 2. The van der Waals surface area contributed by atoms with Crippen molar-refractivity contribution in [3.63, 3.8) is 0 Å². The average Bonchev–Trinajstić information content (AvgIpc) is 2.77. The molecular formula is C24H22BrN3O4S. The van der Waals surface area contributed by atoms with Crippen LogP contribution >= 0.6 is 15.9 Å². The number of halogens is 1. The molecule has 0 saturated carbocycles. The molecular weight excluding hydrogens is 506 g/mol. The van der Waals surface area contributed by atoms with Gasteiger partial charge in [-0.15, -0.1) is 0 Å². The fraction of sp³-hybridized carbons (Fsp3) is 0.167. The molecule has 0 atom stereocenters. The molecule has 3 aromatic carbocycles. The molecule has 0 bridgehead atoms. The van der Waals surface area contributed by atoms with Crippen molar-refractivity contribution in [3.05, 3.63) is 87.5 Å². The van der Waals surface area contributed by atoms with E-state index >= 15 is 0 Å². The van der Waals surface area contributed by atoms with Crippen molar-refractivity contribution in [1.82, 2.24) is 9.03 Å². The van der Waals surface area contributed by atoms with Crippen LogP contribution in [0.15, 0.2) is 70.8 Å². The van der Waals surface area contributed by atoms with E-state index in [1.165, 1.54) is 0 Å². The minimum atomic E-state index is -4.25. The number of carbonyl (C=O) groups excluding carboxylic acids is 2. The van der Waals surface area contributed by atoms with Crippen molar-refractivity contribution >= 4 is 54.4 Å². The second-order valence-electron chi connectivity index (χ2n) is 7.81. The molecule has 2 N–H and O–H groups in total. The fourth-order valence-electron chi connectivity index (χ4n) is 3.78. The summed E-state index contributed by atoms with van der Waals surface area (Å²) in [5, 5.41) is 4.72. The standard InChI is InChI=1S/C24H22BrN3O4S/c1-15-7-5-12-20(16(15)2)26-22(29)14-28-21(23(25)24(30)27-33(28,31)32)13-18-10-6-9-17-8-3-4-11-19(17)18/h3-12H,13-14H2,1-2H3,(H,26,29)(H,27,30). The Bertz CT molecular complexity index is 1410. The zero-order valence-corrected chi connectivity index (χ0v) is 20.5. The Balaban J connectivity index is 1.69. The van der Waals surface area contributed by atoms with Crippen LogP contribution in [0.3, 0.4) is 0 Å². The molecule has 0 unspecified atom stereocenters. The van der Waals surface area contributed by atoms with Gasteiger partial charge in [0.05, 0.1) is 5.70 Å². The van der Waals surface area contributed by atoms with E-state index in [0.717, 1.165) is 31.8 Å². The van der Waals surface area contributed by atoms with E-state index in [4.69, 9.17) is 0 Å². The van der Waals surface area contributed by atoms with Gasteiger partial charge in [0.25, 0.3) is 5.91 Å². The zero-order chi connectivity index (χ0) is 23.8. The summed E-state index contributed by atoms with van der Waals surface area (Å²) < 4.78 is 28.7. The van der Waals surface area contributed by atoms with Crippen LogP contribution in [0.5, 0.6) is 0 Å². The van der Waals surface area contributed by atoms with Crippen molar-refractivity contribution in [2.45, 2.75) is 20.3 Å². The average molecular weight is 528 g/mol. The number of carbonyl (C=O) groups is 2. The molecule has 33 heavy (non-hydrogen) atoms. The lowest BCUT2D eigenvalue weighted by atomic mass is 10.0. The van der Waals surface area contributed by atoms with Crippen LogP contribution in [0.2, 0.25) is 0 Å². The Labute approximate surface area is 200 Å². The molecule has 0 radical (unpaired) electrons. The molecule has 1 heterocycles. The number of hydrogen-bond acceptors (Lipinski definition) is 4. The van der Waals surface area contributed by atoms with Gasteiger partial charge in [0.1, 0.15) is 11.0 Å². The summed E-state index contributed by atoms with van der Waals surface area (Å²) in [7, 11) is -4.25. The Kier molecular flexibility index (Phi) is 6.27. The molecule has 0 aliphatic carbocycles. The Morgan fingerprint density at radius 2 is 1.73 bits per heavy atom. The van der Waals surface area contributed by atoms with Crippen molar-refractivity contribution in [3.8, 4) is 0 Å². The molecule has 0 saturated heterocycles. The second kappa shape index (κ2) is 8.99. The van der Waals surface area contributed by atoms with E-state index in [1.54, 1.807) is 6.07 Å². The topological polar surface area (TPSA) is 95.6 Å². The number of rotatable bonds is 5. The first kappa shape index (κ1) is 23.0. The first-order chi connectivity index (χ1) is 15.7. The number of allylic oxidation sites excluding steroid dienone is 1. The van der Waals surface area contributed by atoms with E-state index in [9.17, 15) is 18.0 Å².